The zero-order valence-corrected chi connectivity index (χ0v) is 15.8. The van der Waals surface area contributed by atoms with E-state index in [0.717, 1.165) is 23.2 Å². The van der Waals surface area contributed by atoms with Gasteiger partial charge in [-0.25, -0.2) is 9.97 Å². The molecule has 4 aromatic rings. The smallest absolute Gasteiger partial charge is 0.229 e. The molecule has 3 N–H and O–H groups in total. The first-order valence-electron chi connectivity index (χ1n) is 9.05. The normalized spacial score (nSPS) is 10.0. The van der Waals surface area contributed by atoms with E-state index >= 15 is 0 Å². The Labute approximate surface area is 173 Å². The zero-order valence-electron chi connectivity index (χ0n) is 15.8. The highest BCUT2D eigenvalue weighted by atomic mass is 16.1. The first-order chi connectivity index (χ1) is 14.7. The number of benzene rings is 1. The van der Waals surface area contributed by atoms with Crippen LogP contribution in [-0.4, -0.2) is 26.2 Å². The van der Waals surface area contributed by atoms with Crippen LogP contribution in [0.5, 0.6) is 0 Å². The van der Waals surface area contributed by atoms with Crippen LogP contribution < -0.4 is 11.1 Å². The quantitative estimate of drug-likeness (QED) is 0.404. The Kier molecular flexibility index (Phi) is 5.40. The number of carbonyl (C=O) groups is 1. The van der Waals surface area contributed by atoms with Crippen LogP contribution >= 0.6 is 0 Å². The molecule has 144 valence electrons. The highest BCUT2D eigenvalue weighted by molar-refractivity contribution is 5.75. The predicted octanol–water partition coefficient (Wildman–Crippen LogP) is 3.47. The Bertz CT molecular complexity index is 1240. The first kappa shape index (κ1) is 18.8. The van der Waals surface area contributed by atoms with Crippen molar-refractivity contribution in [3.8, 4) is 23.1 Å². The van der Waals surface area contributed by atoms with E-state index in [1.165, 1.54) is 0 Å². The third kappa shape index (κ3) is 4.46. The van der Waals surface area contributed by atoms with Crippen LogP contribution in [0.2, 0.25) is 0 Å². The van der Waals surface area contributed by atoms with E-state index in [-0.39, 0.29) is 0 Å². The van der Waals surface area contributed by atoms with Crippen molar-refractivity contribution in [2.24, 2.45) is 0 Å². The molecule has 0 unspecified atom stereocenters. The minimum atomic E-state index is 0.346. The van der Waals surface area contributed by atoms with Crippen molar-refractivity contribution in [2.75, 3.05) is 11.1 Å². The fourth-order valence-electron chi connectivity index (χ4n) is 2.67. The van der Waals surface area contributed by atoms with Crippen molar-refractivity contribution in [1.29, 1.82) is 0 Å². The average Bonchev–Trinajstić information content (AvgIpc) is 2.79. The molecule has 0 spiro atoms. The Morgan fingerprint density at radius 3 is 2.53 bits per heavy atom. The van der Waals surface area contributed by atoms with Crippen LogP contribution in [0.1, 0.15) is 21.6 Å². The van der Waals surface area contributed by atoms with Crippen LogP contribution in [0.15, 0.2) is 73.2 Å². The number of nitrogen functional groups attached to an aromatic ring is 1. The Morgan fingerprint density at radius 2 is 1.80 bits per heavy atom. The number of aromatic nitrogens is 4. The molecule has 0 aliphatic carbocycles. The number of aldehydes is 1. The van der Waals surface area contributed by atoms with Crippen LogP contribution in [0.3, 0.4) is 0 Å². The van der Waals surface area contributed by atoms with Crippen LogP contribution in [0, 0.1) is 11.8 Å². The number of carbonyl (C=O) groups excluding carboxylic acids is 1. The summed E-state index contributed by atoms with van der Waals surface area (Å²) in [6.07, 6.45) is 5.67. The molecule has 0 bridgehead atoms. The van der Waals surface area contributed by atoms with Gasteiger partial charge in [-0.05, 0) is 54.5 Å². The molecule has 0 fully saturated rings. The number of nitrogens with zero attached hydrogens (tertiary/aromatic N) is 4. The lowest BCUT2D eigenvalue weighted by Gasteiger charge is -2.08. The molecule has 0 atom stereocenters. The van der Waals surface area contributed by atoms with Crippen molar-refractivity contribution in [2.45, 2.75) is 0 Å². The second kappa shape index (κ2) is 8.63. The van der Waals surface area contributed by atoms with E-state index in [4.69, 9.17) is 5.73 Å². The van der Waals surface area contributed by atoms with Gasteiger partial charge in [-0.3, -0.25) is 9.78 Å². The Morgan fingerprint density at radius 1 is 0.933 bits per heavy atom. The third-order valence-corrected chi connectivity index (χ3v) is 4.16. The van der Waals surface area contributed by atoms with Gasteiger partial charge in [0.2, 0.25) is 5.95 Å². The molecule has 0 aliphatic rings. The lowest BCUT2D eigenvalue weighted by Crippen LogP contribution is -2.02. The fraction of sp³-hybridized carbons (Fsp3) is 0. The summed E-state index contributed by atoms with van der Waals surface area (Å²) in [6.45, 7) is 0. The Balaban J connectivity index is 1.47. The highest BCUT2D eigenvalue weighted by Gasteiger charge is 2.07. The van der Waals surface area contributed by atoms with Gasteiger partial charge >= 0.3 is 0 Å². The summed E-state index contributed by atoms with van der Waals surface area (Å²) in [5, 5.41) is 3.12. The van der Waals surface area contributed by atoms with Crippen molar-refractivity contribution in [3.63, 3.8) is 0 Å². The number of nitrogens with two attached hydrogens (primary N) is 1. The van der Waals surface area contributed by atoms with Gasteiger partial charge in [0.25, 0.3) is 0 Å². The van der Waals surface area contributed by atoms with Gasteiger partial charge in [-0.15, -0.1) is 0 Å². The maximum atomic E-state index is 10.8. The molecule has 3 aromatic heterocycles. The van der Waals surface area contributed by atoms with Gasteiger partial charge in [-0.2, -0.15) is 4.98 Å². The molecule has 0 amide bonds. The summed E-state index contributed by atoms with van der Waals surface area (Å²) < 4.78 is 0. The molecule has 7 nitrogen and oxygen atoms in total. The van der Waals surface area contributed by atoms with Crippen LogP contribution in [-0.2, 0) is 0 Å². The lowest BCUT2D eigenvalue weighted by atomic mass is 10.2. The van der Waals surface area contributed by atoms with Crippen LogP contribution in [0.4, 0.5) is 17.5 Å². The van der Waals surface area contributed by atoms with Crippen molar-refractivity contribution >= 4 is 23.7 Å². The second-order valence-electron chi connectivity index (χ2n) is 6.25. The van der Waals surface area contributed by atoms with Gasteiger partial charge in [0.1, 0.15) is 17.8 Å². The van der Waals surface area contributed by atoms with Gasteiger partial charge in [0.05, 0.1) is 11.3 Å². The van der Waals surface area contributed by atoms with Gasteiger partial charge < -0.3 is 11.1 Å². The van der Waals surface area contributed by atoms with E-state index in [0.29, 0.717) is 28.6 Å². The minimum Gasteiger partial charge on any atom is -0.383 e. The standard InChI is InChI=1S/C23H16N6O/c24-22-20(21-3-1-2-11-26-21)14-27-23(29-22)28-18-7-4-16(5-8-18)6-9-19-13-17(15-30)10-12-25-19/h1-5,7-8,10-15H,(H3,24,27,28,29). The second-order valence-corrected chi connectivity index (χ2v) is 6.25. The van der Waals surface area contributed by atoms with E-state index in [1.807, 2.05) is 42.5 Å². The van der Waals surface area contributed by atoms with E-state index in [9.17, 15) is 4.79 Å². The van der Waals surface area contributed by atoms with E-state index < -0.39 is 0 Å². The number of rotatable bonds is 4. The lowest BCUT2D eigenvalue weighted by molar-refractivity contribution is 0.112. The molecule has 1 aromatic carbocycles. The largest absolute Gasteiger partial charge is 0.383 e. The summed E-state index contributed by atoms with van der Waals surface area (Å²) in [5.41, 5.74) is 10.2. The number of nitrogens with one attached hydrogen (secondary N) is 1. The highest BCUT2D eigenvalue weighted by Crippen LogP contribution is 2.23. The summed E-state index contributed by atoms with van der Waals surface area (Å²) in [6, 6.07) is 16.3. The molecular formula is C23H16N6O. The molecule has 30 heavy (non-hydrogen) atoms. The van der Waals surface area contributed by atoms with Gasteiger partial charge in [0.15, 0.2) is 0 Å². The minimum absolute atomic E-state index is 0.346. The van der Waals surface area contributed by atoms with Gasteiger partial charge in [0, 0.05) is 35.4 Å². The average molecular weight is 392 g/mol. The summed E-state index contributed by atoms with van der Waals surface area (Å²) >= 11 is 0. The SMILES string of the molecule is Nc1nc(Nc2ccc(C#Cc3cc(C=O)ccn3)cc2)ncc1-c1ccccn1. The number of anilines is 3. The zero-order chi connectivity index (χ0) is 20.8. The fourth-order valence-corrected chi connectivity index (χ4v) is 2.67. The molecule has 3 heterocycles. The van der Waals surface area contributed by atoms with Crippen LogP contribution in [0.25, 0.3) is 11.3 Å². The number of pyridine rings is 2. The van der Waals surface area contributed by atoms with E-state index in [1.54, 1.807) is 30.7 Å². The van der Waals surface area contributed by atoms with Crippen molar-refractivity contribution < 1.29 is 4.79 Å². The summed E-state index contributed by atoms with van der Waals surface area (Å²) in [7, 11) is 0. The third-order valence-electron chi connectivity index (χ3n) is 4.16. The molecule has 0 aliphatic heterocycles. The molecule has 0 saturated heterocycles. The molecule has 4 rings (SSSR count). The summed E-state index contributed by atoms with van der Waals surface area (Å²) in [5.74, 6) is 6.71. The van der Waals surface area contributed by atoms with Crippen molar-refractivity contribution in [1.82, 2.24) is 19.9 Å². The summed E-state index contributed by atoms with van der Waals surface area (Å²) in [4.78, 5) is 27.9. The predicted molar refractivity (Wildman–Crippen MR) is 115 cm³/mol. The maximum absolute atomic E-state index is 10.8. The molecular weight excluding hydrogens is 376 g/mol. The maximum Gasteiger partial charge on any atom is 0.229 e. The number of hydrogen-bond acceptors (Lipinski definition) is 7. The van der Waals surface area contributed by atoms with E-state index in [2.05, 4.69) is 37.1 Å². The Hall–Kier alpha value is -4.57. The topological polar surface area (TPSA) is 107 Å². The monoisotopic (exact) mass is 392 g/mol. The number of hydrogen-bond donors (Lipinski definition) is 2. The molecule has 7 heteroatoms. The molecule has 0 saturated carbocycles. The molecule has 0 radical (unpaired) electrons. The van der Waals surface area contributed by atoms with Crippen molar-refractivity contribution in [3.05, 3.63) is 90.0 Å². The first-order valence-corrected chi connectivity index (χ1v) is 9.05. The van der Waals surface area contributed by atoms with Gasteiger partial charge in [-0.1, -0.05) is 12.0 Å².